The molecule has 0 bridgehead atoms. The SMILES string of the molecule is CCCCCCCC[NH+]1CCC(CC)CC1.[Cl-]. The fraction of sp³-hybridized carbons (Fsp3) is 1.00. The van der Waals surface area contributed by atoms with Crippen LogP contribution >= 0.6 is 0 Å². The number of nitrogens with one attached hydrogen (secondary N) is 1. The van der Waals surface area contributed by atoms with Crippen LogP contribution in [0, 0.1) is 5.92 Å². The van der Waals surface area contributed by atoms with Gasteiger partial charge in [-0.05, 0) is 31.6 Å². The first kappa shape index (κ1) is 17.2. The van der Waals surface area contributed by atoms with Crippen molar-refractivity contribution < 1.29 is 17.3 Å². The van der Waals surface area contributed by atoms with Crippen LogP contribution in [0.4, 0.5) is 0 Å². The molecular formula is C15H32ClN. The van der Waals surface area contributed by atoms with Crippen molar-refractivity contribution in [2.45, 2.75) is 71.6 Å². The number of hydrogen-bond donors (Lipinski definition) is 1. The van der Waals surface area contributed by atoms with Gasteiger partial charge in [0.25, 0.3) is 0 Å². The highest BCUT2D eigenvalue weighted by Crippen LogP contribution is 2.12. The van der Waals surface area contributed by atoms with Crippen molar-refractivity contribution in [3.05, 3.63) is 0 Å². The number of piperidine rings is 1. The highest BCUT2D eigenvalue weighted by molar-refractivity contribution is 4.59. The molecule has 0 unspecified atom stereocenters. The average Bonchev–Trinajstić information content (AvgIpc) is 2.34. The summed E-state index contributed by atoms with van der Waals surface area (Å²) in [4.78, 5) is 1.89. The number of rotatable bonds is 8. The van der Waals surface area contributed by atoms with Gasteiger partial charge in [-0.25, -0.2) is 0 Å². The van der Waals surface area contributed by atoms with Crippen molar-refractivity contribution in [2.75, 3.05) is 19.6 Å². The summed E-state index contributed by atoms with van der Waals surface area (Å²) in [5.41, 5.74) is 0. The van der Waals surface area contributed by atoms with Crippen LogP contribution in [0.15, 0.2) is 0 Å². The normalized spacial score (nSPS) is 24.4. The molecule has 0 aromatic carbocycles. The molecule has 1 N–H and O–H groups in total. The van der Waals surface area contributed by atoms with E-state index in [4.69, 9.17) is 0 Å². The van der Waals surface area contributed by atoms with Crippen LogP contribution in [0.5, 0.6) is 0 Å². The Kier molecular flexibility index (Phi) is 11.5. The maximum absolute atomic E-state index is 2.35. The summed E-state index contributed by atoms with van der Waals surface area (Å²) < 4.78 is 0. The predicted molar refractivity (Wildman–Crippen MR) is 72.0 cm³/mol. The highest BCUT2D eigenvalue weighted by atomic mass is 35.5. The zero-order chi connectivity index (χ0) is 11.6. The molecular weight excluding hydrogens is 230 g/mol. The van der Waals surface area contributed by atoms with E-state index in [2.05, 4.69) is 13.8 Å². The van der Waals surface area contributed by atoms with E-state index in [1.807, 2.05) is 4.90 Å². The lowest BCUT2D eigenvalue weighted by molar-refractivity contribution is -0.906. The van der Waals surface area contributed by atoms with Crippen LogP contribution in [-0.4, -0.2) is 19.6 Å². The molecule has 0 saturated carbocycles. The van der Waals surface area contributed by atoms with E-state index in [1.54, 1.807) is 0 Å². The van der Waals surface area contributed by atoms with Gasteiger partial charge in [-0.1, -0.05) is 46.0 Å². The molecule has 0 aromatic rings. The summed E-state index contributed by atoms with van der Waals surface area (Å²) in [5.74, 6) is 1.05. The van der Waals surface area contributed by atoms with Gasteiger partial charge in [-0.2, -0.15) is 0 Å². The summed E-state index contributed by atoms with van der Waals surface area (Å²) >= 11 is 0. The van der Waals surface area contributed by atoms with E-state index in [-0.39, 0.29) is 12.4 Å². The highest BCUT2D eigenvalue weighted by Gasteiger charge is 2.19. The van der Waals surface area contributed by atoms with Gasteiger partial charge in [0.2, 0.25) is 0 Å². The number of hydrogen-bond acceptors (Lipinski definition) is 0. The van der Waals surface area contributed by atoms with E-state index in [9.17, 15) is 0 Å². The van der Waals surface area contributed by atoms with Crippen molar-refractivity contribution in [3.63, 3.8) is 0 Å². The minimum absolute atomic E-state index is 0. The van der Waals surface area contributed by atoms with E-state index >= 15 is 0 Å². The molecule has 1 rings (SSSR count). The quantitative estimate of drug-likeness (QED) is 0.590. The van der Waals surface area contributed by atoms with Gasteiger partial charge >= 0.3 is 0 Å². The molecule has 1 fully saturated rings. The number of quaternary nitrogens is 1. The zero-order valence-corrected chi connectivity index (χ0v) is 12.7. The Morgan fingerprint density at radius 1 is 0.882 bits per heavy atom. The summed E-state index contributed by atoms with van der Waals surface area (Å²) in [6.07, 6.45) is 13.1. The molecule has 1 heterocycles. The first-order valence-corrected chi connectivity index (χ1v) is 7.70. The molecule has 0 aliphatic carbocycles. The van der Waals surface area contributed by atoms with Gasteiger partial charge in [-0.3, -0.25) is 0 Å². The number of unbranched alkanes of at least 4 members (excludes halogenated alkanes) is 5. The molecule has 1 aliphatic heterocycles. The lowest BCUT2D eigenvalue weighted by atomic mass is 9.94. The van der Waals surface area contributed by atoms with Crippen LogP contribution in [0.2, 0.25) is 0 Å². The lowest BCUT2D eigenvalue weighted by Crippen LogP contribution is -3.13. The Hall–Kier alpha value is 0.250. The third-order valence-electron chi connectivity index (χ3n) is 4.27. The summed E-state index contributed by atoms with van der Waals surface area (Å²) in [6.45, 7) is 8.99. The average molecular weight is 262 g/mol. The third-order valence-corrected chi connectivity index (χ3v) is 4.27. The Morgan fingerprint density at radius 3 is 2.06 bits per heavy atom. The van der Waals surface area contributed by atoms with Gasteiger partial charge in [-0.15, -0.1) is 0 Å². The van der Waals surface area contributed by atoms with Crippen molar-refractivity contribution >= 4 is 0 Å². The molecule has 0 amide bonds. The second kappa shape index (κ2) is 11.3. The first-order chi connectivity index (χ1) is 7.86. The van der Waals surface area contributed by atoms with E-state index < -0.39 is 0 Å². The monoisotopic (exact) mass is 261 g/mol. The lowest BCUT2D eigenvalue weighted by Gasteiger charge is -2.28. The Morgan fingerprint density at radius 2 is 1.47 bits per heavy atom. The Bertz CT molecular complexity index is 153. The second-order valence-corrected chi connectivity index (χ2v) is 5.62. The molecule has 1 nitrogen and oxygen atoms in total. The van der Waals surface area contributed by atoms with Crippen LogP contribution in [0.1, 0.15) is 71.6 Å². The van der Waals surface area contributed by atoms with Crippen molar-refractivity contribution in [2.24, 2.45) is 5.92 Å². The summed E-state index contributed by atoms with van der Waals surface area (Å²) in [7, 11) is 0. The van der Waals surface area contributed by atoms with E-state index in [0.717, 1.165) is 5.92 Å². The first-order valence-electron chi connectivity index (χ1n) is 7.70. The maximum Gasteiger partial charge on any atom is 0.0773 e. The zero-order valence-electron chi connectivity index (χ0n) is 11.9. The molecule has 0 radical (unpaired) electrons. The molecule has 0 spiro atoms. The van der Waals surface area contributed by atoms with Crippen LogP contribution < -0.4 is 17.3 Å². The molecule has 0 atom stereocenters. The fourth-order valence-electron chi connectivity index (χ4n) is 2.90. The summed E-state index contributed by atoms with van der Waals surface area (Å²) in [6, 6.07) is 0. The van der Waals surface area contributed by atoms with Crippen LogP contribution in [-0.2, 0) is 0 Å². The minimum Gasteiger partial charge on any atom is -1.00 e. The van der Waals surface area contributed by atoms with E-state index in [1.165, 1.54) is 77.4 Å². The van der Waals surface area contributed by atoms with Crippen LogP contribution in [0.25, 0.3) is 0 Å². The van der Waals surface area contributed by atoms with Crippen LogP contribution in [0.3, 0.4) is 0 Å². The summed E-state index contributed by atoms with van der Waals surface area (Å²) in [5, 5.41) is 0. The molecule has 17 heavy (non-hydrogen) atoms. The molecule has 104 valence electrons. The largest absolute Gasteiger partial charge is 1.00 e. The third kappa shape index (κ3) is 8.05. The topological polar surface area (TPSA) is 4.44 Å². The molecule has 2 heteroatoms. The minimum atomic E-state index is 0. The molecule has 1 aliphatic rings. The predicted octanol–water partition coefficient (Wildman–Crippen LogP) is 0.0558. The van der Waals surface area contributed by atoms with Gasteiger partial charge in [0, 0.05) is 0 Å². The molecule has 0 aromatic heterocycles. The maximum atomic E-state index is 2.35. The van der Waals surface area contributed by atoms with Gasteiger partial charge in [0.1, 0.15) is 0 Å². The van der Waals surface area contributed by atoms with Gasteiger partial charge < -0.3 is 17.3 Å². The second-order valence-electron chi connectivity index (χ2n) is 5.62. The van der Waals surface area contributed by atoms with Gasteiger partial charge in [0.15, 0.2) is 0 Å². The Labute approximate surface area is 115 Å². The number of likely N-dealkylation sites (tertiary alicyclic amines) is 1. The fourth-order valence-corrected chi connectivity index (χ4v) is 2.90. The smallest absolute Gasteiger partial charge is 0.0773 e. The van der Waals surface area contributed by atoms with Crippen molar-refractivity contribution in [3.8, 4) is 0 Å². The van der Waals surface area contributed by atoms with Gasteiger partial charge in [0.05, 0.1) is 19.6 Å². The van der Waals surface area contributed by atoms with Crippen molar-refractivity contribution in [1.29, 1.82) is 0 Å². The Balaban J connectivity index is 0.00000256. The van der Waals surface area contributed by atoms with Crippen molar-refractivity contribution in [1.82, 2.24) is 0 Å². The molecule has 1 saturated heterocycles. The number of halogens is 1. The standard InChI is InChI=1S/C15H31N.ClH/c1-3-5-6-7-8-9-12-16-13-10-15(4-2)11-14-16;/h15H,3-14H2,1-2H3;1H. The van der Waals surface area contributed by atoms with E-state index in [0.29, 0.717) is 0 Å².